The molecule has 2 fully saturated rings. The molecule has 0 aromatic carbocycles. The van der Waals surface area contributed by atoms with Gasteiger partial charge in [0.15, 0.2) is 11.6 Å². The molecule has 0 radical (unpaired) electrons. The summed E-state index contributed by atoms with van der Waals surface area (Å²) >= 11 is 0. The van der Waals surface area contributed by atoms with Crippen LogP contribution in [-0.2, 0) is 4.74 Å². The van der Waals surface area contributed by atoms with E-state index in [-0.39, 0.29) is 23.9 Å². The van der Waals surface area contributed by atoms with Crippen LogP contribution in [0.4, 0.5) is 16.2 Å². The number of nitrogen functional groups attached to an aromatic ring is 1. The monoisotopic (exact) mass is 239 g/mol. The smallest absolute Gasteiger partial charge is 0.239 e. The van der Waals surface area contributed by atoms with Gasteiger partial charge in [0, 0.05) is 0 Å². The van der Waals surface area contributed by atoms with Gasteiger partial charge in [0.1, 0.15) is 0 Å². The van der Waals surface area contributed by atoms with Crippen LogP contribution < -0.4 is 16.6 Å². The van der Waals surface area contributed by atoms with Crippen LogP contribution >= 0.6 is 0 Å². The van der Waals surface area contributed by atoms with Crippen LogP contribution in [0.2, 0.25) is 0 Å². The number of aromatic nitrogens is 2. The summed E-state index contributed by atoms with van der Waals surface area (Å²) < 4.78 is 19.2. The Labute approximate surface area is 97.7 Å². The van der Waals surface area contributed by atoms with E-state index in [9.17, 15) is 4.39 Å². The number of halogens is 1. The van der Waals surface area contributed by atoms with Crippen LogP contribution in [0.15, 0.2) is 6.20 Å². The van der Waals surface area contributed by atoms with Gasteiger partial charge >= 0.3 is 0 Å². The van der Waals surface area contributed by atoms with Gasteiger partial charge < -0.3 is 10.1 Å². The van der Waals surface area contributed by atoms with Gasteiger partial charge in [-0.05, 0) is 19.3 Å². The first-order valence-corrected chi connectivity index (χ1v) is 5.67. The molecule has 3 heterocycles. The zero-order valence-corrected chi connectivity index (χ0v) is 9.19. The zero-order valence-electron chi connectivity index (χ0n) is 9.19. The molecular formula is C10H14FN5O. The normalized spacial score (nSPS) is 30.6. The Kier molecular flexibility index (Phi) is 2.56. The number of hydrogen-bond acceptors (Lipinski definition) is 6. The van der Waals surface area contributed by atoms with E-state index in [0.29, 0.717) is 6.10 Å². The van der Waals surface area contributed by atoms with Gasteiger partial charge in [-0.25, -0.2) is 15.2 Å². The van der Waals surface area contributed by atoms with E-state index < -0.39 is 5.82 Å². The maximum absolute atomic E-state index is 13.5. The topological polar surface area (TPSA) is 85.1 Å². The second-order valence-electron chi connectivity index (χ2n) is 4.39. The van der Waals surface area contributed by atoms with Crippen LogP contribution in [-0.4, -0.2) is 28.2 Å². The highest BCUT2D eigenvalue weighted by atomic mass is 19.1. The highest BCUT2D eigenvalue weighted by Crippen LogP contribution is 2.35. The van der Waals surface area contributed by atoms with Gasteiger partial charge in [0.2, 0.25) is 5.95 Å². The fraction of sp³-hybridized carbons (Fsp3) is 0.600. The Morgan fingerprint density at radius 3 is 3.00 bits per heavy atom. The summed E-state index contributed by atoms with van der Waals surface area (Å²) in [4.78, 5) is 7.64. The maximum Gasteiger partial charge on any atom is 0.239 e. The van der Waals surface area contributed by atoms with Crippen LogP contribution in [0.5, 0.6) is 0 Å². The molecule has 6 nitrogen and oxygen atoms in total. The lowest BCUT2D eigenvalue weighted by molar-refractivity contribution is 0.102. The average molecular weight is 239 g/mol. The molecule has 7 heteroatoms. The lowest BCUT2D eigenvalue weighted by Gasteiger charge is -2.20. The molecule has 0 amide bonds. The Bertz CT molecular complexity index is 429. The molecule has 3 atom stereocenters. The molecule has 3 rings (SSSR count). The summed E-state index contributed by atoms with van der Waals surface area (Å²) in [7, 11) is 0. The van der Waals surface area contributed by atoms with Crippen LogP contribution in [0.25, 0.3) is 0 Å². The third-order valence-corrected chi connectivity index (χ3v) is 3.30. The Morgan fingerprint density at radius 2 is 2.35 bits per heavy atom. The average Bonchev–Trinajstić information content (AvgIpc) is 2.94. The molecule has 0 spiro atoms. The number of nitrogens with zero attached hydrogens (tertiary/aromatic N) is 2. The van der Waals surface area contributed by atoms with E-state index in [0.717, 1.165) is 25.5 Å². The van der Waals surface area contributed by atoms with Gasteiger partial charge in [0.25, 0.3) is 0 Å². The van der Waals surface area contributed by atoms with Crippen molar-refractivity contribution in [1.82, 2.24) is 9.97 Å². The number of nitrogens with one attached hydrogen (secondary N) is 2. The van der Waals surface area contributed by atoms with Crippen molar-refractivity contribution in [2.75, 3.05) is 10.7 Å². The second-order valence-corrected chi connectivity index (χ2v) is 4.39. The summed E-state index contributed by atoms with van der Waals surface area (Å²) in [5.74, 6) is 5.08. The van der Waals surface area contributed by atoms with Crippen molar-refractivity contribution in [3.63, 3.8) is 0 Å². The van der Waals surface area contributed by atoms with Crippen molar-refractivity contribution in [3.8, 4) is 0 Å². The van der Waals surface area contributed by atoms with Gasteiger partial charge in [-0.2, -0.15) is 4.98 Å². The molecule has 92 valence electrons. The fourth-order valence-electron chi connectivity index (χ4n) is 2.50. The SMILES string of the molecule is NNc1ncc(F)c(NC2CC3CCC2O3)n1. The molecule has 0 aliphatic carbocycles. The first-order chi connectivity index (χ1) is 8.26. The molecule has 1 aromatic rings. The Morgan fingerprint density at radius 1 is 1.47 bits per heavy atom. The molecule has 17 heavy (non-hydrogen) atoms. The number of nitrogens with two attached hydrogens (primary N) is 1. The maximum atomic E-state index is 13.5. The predicted molar refractivity (Wildman–Crippen MR) is 59.7 cm³/mol. The van der Waals surface area contributed by atoms with Crippen molar-refractivity contribution in [3.05, 3.63) is 12.0 Å². The Balaban J connectivity index is 1.76. The first-order valence-electron chi connectivity index (χ1n) is 5.67. The summed E-state index contributed by atoms with van der Waals surface area (Å²) in [5, 5.41) is 3.07. The van der Waals surface area contributed by atoms with Crippen molar-refractivity contribution in [1.29, 1.82) is 0 Å². The minimum absolute atomic E-state index is 0.128. The Hall–Kier alpha value is -1.47. The van der Waals surface area contributed by atoms with E-state index in [1.807, 2.05) is 0 Å². The third-order valence-electron chi connectivity index (χ3n) is 3.30. The van der Waals surface area contributed by atoms with Gasteiger partial charge in [0.05, 0.1) is 24.4 Å². The lowest BCUT2D eigenvalue weighted by Crippen LogP contribution is -2.31. The molecule has 3 unspecified atom stereocenters. The minimum atomic E-state index is -0.480. The van der Waals surface area contributed by atoms with Gasteiger partial charge in [-0.3, -0.25) is 5.43 Å². The molecule has 2 bridgehead atoms. The molecule has 4 N–H and O–H groups in total. The minimum Gasteiger partial charge on any atom is -0.373 e. The number of anilines is 2. The standard InChI is InChI=1S/C10H14FN5O/c11-6-4-13-10(16-12)15-9(6)14-7-3-5-1-2-8(7)17-5/h4-5,7-8H,1-3,12H2,(H2,13,14,15,16). The first kappa shape index (κ1) is 10.7. The number of hydrazine groups is 1. The molecule has 0 saturated carbocycles. The summed E-state index contributed by atoms with van der Waals surface area (Å²) in [6.07, 6.45) is 4.61. The van der Waals surface area contributed by atoms with E-state index in [2.05, 4.69) is 20.7 Å². The van der Waals surface area contributed by atoms with Gasteiger partial charge in [-0.1, -0.05) is 0 Å². The zero-order chi connectivity index (χ0) is 11.8. The largest absolute Gasteiger partial charge is 0.373 e. The lowest BCUT2D eigenvalue weighted by atomic mass is 9.95. The van der Waals surface area contributed by atoms with Crippen molar-refractivity contribution >= 4 is 11.8 Å². The summed E-state index contributed by atoms with van der Waals surface area (Å²) in [6, 6.07) is 0.128. The highest BCUT2D eigenvalue weighted by molar-refractivity contribution is 5.42. The fourth-order valence-corrected chi connectivity index (χ4v) is 2.50. The van der Waals surface area contributed by atoms with Crippen molar-refractivity contribution in [2.24, 2.45) is 5.84 Å². The number of hydrogen-bond donors (Lipinski definition) is 3. The second kappa shape index (κ2) is 4.08. The van der Waals surface area contributed by atoms with Crippen LogP contribution in [0.1, 0.15) is 19.3 Å². The summed E-state index contributed by atoms with van der Waals surface area (Å²) in [5.41, 5.74) is 2.29. The number of ether oxygens (including phenoxy) is 1. The quantitative estimate of drug-likeness (QED) is 0.530. The molecular weight excluding hydrogens is 225 g/mol. The highest BCUT2D eigenvalue weighted by Gasteiger charge is 2.41. The van der Waals surface area contributed by atoms with E-state index >= 15 is 0 Å². The van der Waals surface area contributed by atoms with Gasteiger partial charge in [-0.15, -0.1) is 0 Å². The van der Waals surface area contributed by atoms with Crippen LogP contribution in [0, 0.1) is 5.82 Å². The van der Waals surface area contributed by atoms with E-state index in [1.54, 1.807) is 0 Å². The summed E-state index contributed by atoms with van der Waals surface area (Å²) in [6.45, 7) is 0. The number of rotatable bonds is 3. The predicted octanol–water partition coefficient (Wildman–Crippen LogP) is 0.633. The van der Waals surface area contributed by atoms with E-state index in [4.69, 9.17) is 10.6 Å². The van der Waals surface area contributed by atoms with Crippen molar-refractivity contribution < 1.29 is 9.13 Å². The van der Waals surface area contributed by atoms with Crippen molar-refractivity contribution in [2.45, 2.75) is 37.5 Å². The van der Waals surface area contributed by atoms with Crippen LogP contribution in [0.3, 0.4) is 0 Å². The molecule has 1 aromatic heterocycles. The van der Waals surface area contributed by atoms with E-state index in [1.165, 1.54) is 0 Å². The third kappa shape index (κ3) is 1.91. The number of fused-ring (bicyclic) bond motifs is 2. The molecule has 2 aliphatic heterocycles. The molecule has 2 aliphatic rings. The molecule has 2 saturated heterocycles.